The fraction of sp³-hybridized carbons (Fsp3) is 0.667. The predicted molar refractivity (Wildman–Crippen MR) is 85.7 cm³/mol. The number of aryl methyl sites for hydroxylation is 1. The molecule has 1 aromatic rings. The number of benzene rings is 1. The summed E-state index contributed by atoms with van der Waals surface area (Å²) in [6.45, 7) is 8.15. The van der Waals surface area contributed by atoms with Crippen LogP contribution in [0.4, 0.5) is 0 Å². The van der Waals surface area contributed by atoms with Gasteiger partial charge in [0.15, 0.2) is 0 Å². The zero-order valence-electron chi connectivity index (χ0n) is 13.7. The Morgan fingerprint density at radius 2 is 2.10 bits per heavy atom. The minimum Gasteiger partial charge on any atom is -0.497 e. The normalized spacial score (nSPS) is 27.6. The Bertz CT molecular complexity index is 457. The summed E-state index contributed by atoms with van der Waals surface area (Å²) < 4.78 is 5.47. The lowest BCUT2D eigenvalue weighted by molar-refractivity contribution is 0.125. The molecule has 20 heavy (non-hydrogen) atoms. The lowest BCUT2D eigenvalue weighted by Crippen LogP contribution is -2.46. The quantitative estimate of drug-likeness (QED) is 0.823. The molecule has 1 saturated heterocycles. The first kappa shape index (κ1) is 15.4. The molecule has 0 aromatic heterocycles. The number of nitrogens with zero attached hydrogens (tertiary/aromatic N) is 1. The minimum atomic E-state index is 0.325. The van der Waals surface area contributed by atoms with Gasteiger partial charge in [0.05, 0.1) is 7.11 Å². The van der Waals surface area contributed by atoms with E-state index in [-0.39, 0.29) is 0 Å². The Labute approximate surface area is 124 Å². The topological polar surface area (TPSA) is 12.5 Å². The van der Waals surface area contributed by atoms with Gasteiger partial charge in [-0.25, -0.2) is 0 Å². The van der Waals surface area contributed by atoms with Gasteiger partial charge < -0.3 is 9.64 Å². The van der Waals surface area contributed by atoms with Gasteiger partial charge in [-0.05, 0) is 74.9 Å². The average Bonchev–Trinajstić information content (AvgIpc) is 2.49. The summed E-state index contributed by atoms with van der Waals surface area (Å²) in [4.78, 5) is 2.49. The van der Waals surface area contributed by atoms with Crippen LogP contribution in [0.15, 0.2) is 18.2 Å². The molecule has 1 aromatic carbocycles. The molecule has 0 amide bonds. The van der Waals surface area contributed by atoms with E-state index in [1.54, 1.807) is 7.11 Å². The van der Waals surface area contributed by atoms with Gasteiger partial charge in [-0.2, -0.15) is 0 Å². The van der Waals surface area contributed by atoms with Crippen LogP contribution in [0.5, 0.6) is 5.75 Å². The van der Waals surface area contributed by atoms with Crippen LogP contribution >= 0.6 is 0 Å². The smallest absolute Gasteiger partial charge is 0.119 e. The number of likely N-dealkylation sites (tertiary alicyclic amines) is 1. The molecule has 2 heteroatoms. The average molecular weight is 275 g/mol. The van der Waals surface area contributed by atoms with Crippen LogP contribution in [0.1, 0.15) is 51.2 Å². The fourth-order valence-electron chi connectivity index (χ4n) is 3.67. The van der Waals surface area contributed by atoms with Crippen LogP contribution in [0.3, 0.4) is 0 Å². The Morgan fingerprint density at radius 3 is 2.65 bits per heavy atom. The van der Waals surface area contributed by atoms with E-state index in [1.165, 1.54) is 36.9 Å². The highest BCUT2D eigenvalue weighted by atomic mass is 16.5. The molecule has 2 nitrogen and oxygen atoms in total. The van der Waals surface area contributed by atoms with Crippen molar-refractivity contribution in [2.75, 3.05) is 20.7 Å². The zero-order valence-corrected chi connectivity index (χ0v) is 13.7. The van der Waals surface area contributed by atoms with Crippen molar-refractivity contribution in [1.82, 2.24) is 4.90 Å². The molecule has 0 N–H and O–H groups in total. The van der Waals surface area contributed by atoms with Gasteiger partial charge in [0.2, 0.25) is 0 Å². The first-order chi connectivity index (χ1) is 9.56. The maximum Gasteiger partial charge on any atom is 0.119 e. The van der Waals surface area contributed by atoms with Crippen LogP contribution < -0.4 is 4.74 Å². The first-order valence-corrected chi connectivity index (χ1v) is 7.94. The molecule has 112 valence electrons. The summed E-state index contributed by atoms with van der Waals surface area (Å²) in [6, 6.07) is 7.30. The number of hydrogen-bond donors (Lipinski definition) is 0. The van der Waals surface area contributed by atoms with E-state index in [0.29, 0.717) is 11.5 Å². The molecule has 0 radical (unpaired) electrons. The number of ether oxygens (including phenoxy) is 1. The molecule has 0 aliphatic carbocycles. The Hall–Kier alpha value is -1.02. The highest BCUT2D eigenvalue weighted by Gasteiger charge is 2.38. The minimum absolute atomic E-state index is 0.325. The van der Waals surface area contributed by atoms with Gasteiger partial charge in [0, 0.05) is 6.04 Å². The molecule has 1 heterocycles. The molecule has 2 atom stereocenters. The van der Waals surface area contributed by atoms with Crippen molar-refractivity contribution in [3.63, 3.8) is 0 Å². The van der Waals surface area contributed by atoms with E-state index in [9.17, 15) is 0 Å². The van der Waals surface area contributed by atoms with Gasteiger partial charge in [0.25, 0.3) is 0 Å². The predicted octanol–water partition coefficient (Wildman–Crippen LogP) is 4.02. The van der Waals surface area contributed by atoms with Crippen LogP contribution in [0.25, 0.3) is 0 Å². The molecule has 1 aliphatic heterocycles. The SMILES string of the molecule is CCc1ccc(OC)cc1[C@]1(CC)CCN(C)C(C)C1. The maximum atomic E-state index is 5.47. The van der Waals surface area contributed by atoms with Crippen LogP contribution in [-0.2, 0) is 11.8 Å². The zero-order chi connectivity index (χ0) is 14.8. The number of piperidine rings is 1. The fourth-order valence-corrected chi connectivity index (χ4v) is 3.67. The van der Waals surface area contributed by atoms with E-state index in [4.69, 9.17) is 4.74 Å². The third-order valence-corrected chi connectivity index (χ3v) is 5.33. The number of hydrogen-bond acceptors (Lipinski definition) is 2. The van der Waals surface area contributed by atoms with Gasteiger partial charge >= 0.3 is 0 Å². The summed E-state index contributed by atoms with van der Waals surface area (Å²) in [5, 5.41) is 0. The second-order valence-corrected chi connectivity index (χ2v) is 6.29. The Morgan fingerprint density at radius 1 is 1.35 bits per heavy atom. The summed E-state index contributed by atoms with van der Waals surface area (Å²) in [5.74, 6) is 0.997. The summed E-state index contributed by atoms with van der Waals surface area (Å²) in [5.41, 5.74) is 3.34. The molecular formula is C18H29NO. The molecular weight excluding hydrogens is 246 g/mol. The Kier molecular flexibility index (Phi) is 4.74. The van der Waals surface area contributed by atoms with E-state index >= 15 is 0 Å². The van der Waals surface area contributed by atoms with Crippen molar-refractivity contribution in [3.8, 4) is 5.75 Å². The van der Waals surface area contributed by atoms with Gasteiger partial charge in [-0.1, -0.05) is 19.9 Å². The van der Waals surface area contributed by atoms with E-state index in [0.717, 1.165) is 12.2 Å². The Balaban J connectivity index is 2.45. The first-order valence-electron chi connectivity index (χ1n) is 7.94. The van der Waals surface area contributed by atoms with Crippen molar-refractivity contribution in [2.45, 2.75) is 57.9 Å². The van der Waals surface area contributed by atoms with Crippen molar-refractivity contribution in [1.29, 1.82) is 0 Å². The lowest BCUT2D eigenvalue weighted by Gasteiger charge is -2.45. The van der Waals surface area contributed by atoms with Crippen molar-refractivity contribution < 1.29 is 4.74 Å². The van der Waals surface area contributed by atoms with Crippen molar-refractivity contribution in [3.05, 3.63) is 29.3 Å². The van der Waals surface area contributed by atoms with E-state index in [2.05, 4.69) is 50.9 Å². The van der Waals surface area contributed by atoms with Crippen LogP contribution in [0.2, 0.25) is 0 Å². The largest absolute Gasteiger partial charge is 0.497 e. The van der Waals surface area contributed by atoms with Gasteiger partial charge in [-0.3, -0.25) is 0 Å². The highest BCUT2D eigenvalue weighted by molar-refractivity contribution is 5.41. The summed E-state index contributed by atoms with van der Waals surface area (Å²) >= 11 is 0. The second kappa shape index (κ2) is 6.17. The highest BCUT2D eigenvalue weighted by Crippen LogP contribution is 2.43. The second-order valence-electron chi connectivity index (χ2n) is 6.29. The van der Waals surface area contributed by atoms with Gasteiger partial charge in [-0.15, -0.1) is 0 Å². The molecule has 1 aliphatic rings. The molecule has 1 unspecified atom stereocenters. The molecule has 1 fully saturated rings. The third kappa shape index (κ3) is 2.71. The molecule has 0 saturated carbocycles. The van der Waals surface area contributed by atoms with Crippen LogP contribution in [-0.4, -0.2) is 31.6 Å². The summed E-state index contributed by atoms with van der Waals surface area (Å²) in [6.07, 6.45) is 4.82. The molecule has 0 bridgehead atoms. The lowest BCUT2D eigenvalue weighted by atomic mass is 9.67. The standard InChI is InChI=1S/C18H29NO/c1-6-15-8-9-16(20-5)12-17(15)18(7-2)10-11-19(4)14(3)13-18/h8-9,12,14H,6-7,10-11,13H2,1-5H3/t14?,18-/m1/s1. The third-order valence-electron chi connectivity index (χ3n) is 5.33. The maximum absolute atomic E-state index is 5.47. The van der Waals surface area contributed by atoms with Crippen LogP contribution in [0, 0.1) is 0 Å². The van der Waals surface area contributed by atoms with E-state index in [1.807, 2.05) is 0 Å². The summed E-state index contributed by atoms with van der Waals surface area (Å²) in [7, 11) is 4.01. The van der Waals surface area contributed by atoms with Gasteiger partial charge in [0.1, 0.15) is 5.75 Å². The van der Waals surface area contributed by atoms with Crippen molar-refractivity contribution in [2.24, 2.45) is 0 Å². The number of methoxy groups -OCH3 is 1. The molecule has 0 spiro atoms. The number of rotatable bonds is 4. The molecule has 2 rings (SSSR count). The van der Waals surface area contributed by atoms with E-state index < -0.39 is 0 Å². The monoisotopic (exact) mass is 275 g/mol. The van der Waals surface area contributed by atoms with Crippen molar-refractivity contribution >= 4 is 0 Å².